The molecule has 0 bridgehead atoms. The van der Waals surface area contributed by atoms with Gasteiger partial charge in [-0.3, -0.25) is 10.1 Å². The molecule has 1 atom stereocenters. The number of hydrogen-bond donors (Lipinski definition) is 0. The molecule has 20 heavy (non-hydrogen) atoms. The van der Waals surface area contributed by atoms with Crippen molar-refractivity contribution in [2.45, 2.75) is 18.8 Å². The molecule has 0 N–H and O–H groups in total. The van der Waals surface area contributed by atoms with Crippen LogP contribution in [0.4, 0.5) is 5.69 Å². The number of rotatable bonds is 4. The molecule has 2 aromatic rings. The molecule has 0 aromatic heterocycles. The molecule has 0 saturated carbocycles. The van der Waals surface area contributed by atoms with E-state index in [9.17, 15) is 15.4 Å². The first-order chi connectivity index (χ1) is 9.65. The van der Waals surface area contributed by atoms with Crippen molar-refractivity contribution in [2.75, 3.05) is 0 Å². The predicted molar refractivity (Wildman–Crippen MR) is 76.2 cm³/mol. The van der Waals surface area contributed by atoms with E-state index in [1.165, 1.54) is 6.07 Å². The molecule has 0 heterocycles. The van der Waals surface area contributed by atoms with Crippen LogP contribution < -0.4 is 0 Å². The smallest absolute Gasteiger partial charge is 0.258 e. The second kappa shape index (κ2) is 5.54. The standard InChI is InChI=1S/C16H14N2O2/c1-2-16(12-17,13-8-4-3-5-9-13)14-10-6-7-11-15(14)18(19)20/h3-11H,2H2,1H3. The first-order valence-electron chi connectivity index (χ1n) is 6.36. The molecule has 0 aliphatic heterocycles. The normalized spacial score (nSPS) is 13.2. The Morgan fingerprint density at radius 3 is 2.30 bits per heavy atom. The molecule has 4 nitrogen and oxygen atoms in total. The summed E-state index contributed by atoms with van der Waals surface area (Å²) < 4.78 is 0. The van der Waals surface area contributed by atoms with Gasteiger partial charge in [0.25, 0.3) is 5.69 Å². The molecular formula is C16H14N2O2. The molecule has 4 heteroatoms. The van der Waals surface area contributed by atoms with Crippen LogP contribution in [0, 0.1) is 21.4 Å². The summed E-state index contributed by atoms with van der Waals surface area (Å²) in [5, 5.41) is 20.9. The molecule has 2 rings (SSSR count). The second-order valence-electron chi connectivity index (χ2n) is 4.51. The minimum Gasteiger partial charge on any atom is -0.258 e. The maximum atomic E-state index is 11.2. The average molecular weight is 266 g/mol. The lowest BCUT2D eigenvalue weighted by Crippen LogP contribution is -2.25. The van der Waals surface area contributed by atoms with Crippen molar-refractivity contribution in [2.24, 2.45) is 0 Å². The van der Waals surface area contributed by atoms with Crippen LogP contribution in [0.25, 0.3) is 0 Å². The summed E-state index contributed by atoms with van der Waals surface area (Å²) in [6.07, 6.45) is 0.471. The van der Waals surface area contributed by atoms with Crippen LogP contribution in [0.15, 0.2) is 54.6 Å². The second-order valence-corrected chi connectivity index (χ2v) is 4.51. The number of nitro benzene ring substituents is 1. The van der Waals surface area contributed by atoms with Gasteiger partial charge < -0.3 is 0 Å². The molecule has 0 amide bonds. The minimum atomic E-state index is -0.995. The highest BCUT2D eigenvalue weighted by Gasteiger charge is 2.37. The Hall–Kier alpha value is -2.67. The Bertz CT molecular complexity index is 662. The molecule has 1 unspecified atom stereocenters. The molecule has 0 saturated heterocycles. The maximum Gasteiger partial charge on any atom is 0.274 e. The lowest BCUT2D eigenvalue weighted by atomic mass is 9.73. The lowest BCUT2D eigenvalue weighted by Gasteiger charge is -2.25. The number of para-hydroxylation sites is 1. The van der Waals surface area contributed by atoms with E-state index >= 15 is 0 Å². The topological polar surface area (TPSA) is 66.9 Å². The average Bonchev–Trinajstić information content (AvgIpc) is 2.50. The molecule has 2 aromatic carbocycles. The quantitative estimate of drug-likeness (QED) is 0.624. The van der Waals surface area contributed by atoms with Crippen molar-refractivity contribution >= 4 is 5.69 Å². The van der Waals surface area contributed by atoms with E-state index in [0.29, 0.717) is 12.0 Å². The zero-order valence-electron chi connectivity index (χ0n) is 11.1. The van der Waals surface area contributed by atoms with Crippen LogP contribution in [-0.4, -0.2) is 4.92 Å². The Balaban J connectivity index is 2.73. The van der Waals surface area contributed by atoms with Gasteiger partial charge >= 0.3 is 0 Å². The van der Waals surface area contributed by atoms with Crippen LogP contribution in [0.5, 0.6) is 0 Å². The van der Waals surface area contributed by atoms with Crippen molar-refractivity contribution in [3.63, 3.8) is 0 Å². The van der Waals surface area contributed by atoms with Gasteiger partial charge in [0.05, 0.1) is 16.6 Å². The van der Waals surface area contributed by atoms with Crippen molar-refractivity contribution in [3.8, 4) is 6.07 Å². The predicted octanol–water partition coefficient (Wildman–Crippen LogP) is 3.81. The Labute approximate surface area is 117 Å². The summed E-state index contributed by atoms with van der Waals surface area (Å²) in [4.78, 5) is 10.8. The van der Waals surface area contributed by atoms with Crippen LogP contribution in [0.3, 0.4) is 0 Å². The highest BCUT2D eigenvalue weighted by molar-refractivity contribution is 5.55. The van der Waals surface area contributed by atoms with Gasteiger partial charge in [-0.15, -0.1) is 0 Å². The van der Waals surface area contributed by atoms with Gasteiger partial charge in [-0.25, -0.2) is 0 Å². The van der Waals surface area contributed by atoms with Crippen molar-refractivity contribution in [1.82, 2.24) is 0 Å². The lowest BCUT2D eigenvalue weighted by molar-refractivity contribution is -0.385. The van der Waals surface area contributed by atoms with Crippen molar-refractivity contribution in [3.05, 3.63) is 75.8 Å². The monoisotopic (exact) mass is 266 g/mol. The van der Waals surface area contributed by atoms with Crippen LogP contribution in [-0.2, 0) is 5.41 Å². The molecular weight excluding hydrogens is 252 g/mol. The SMILES string of the molecule is CCC(C#N)(c1ccccc1)c1ccccc1[N+](=O)[O-]. The maximum absolute atomic E-state index is 11.2. The molecule has 100 valence electrons. The largest absolute Gasteiger partial charge is 0.274 e. The third-order valence-electron chi connectivity index (χ3n) is 3.55. The molecule has 0 spiro atoms. The van der Waals surface area contributed by atoms with Gasteiger partial charge in [0.15, 0.2) is 0 Å². The number of nitrogens with zero attached hydrogens (tertiary/aromatic N) is 2. The Morgan fingerprint density at radius 1 is 1.15 bits per heavy atom. The fourth-order valence-electron chi connectivity index (χ4n) is 2.47. The fraction of sp³-hybridized carbons (Fsp3) is 0.188. The van der Waals surface area contributed by atoms with E-state index in [4.69, 9.17) is 0 Å². The highest BCUT2D eigenvalue weighted by Crippen LogP contribution is 2.39. The van der Waals surface area contributed by atoms with Gasteiger partial charge in [0.1, 0.15) is 5.41 Å². The van der Waals surface area contributed by atoms with Crippen molar-refractivity contribution < 1.29 is 4.92 Å². The fourth-order valence-corrected chi connectivity index (χ4v) is 2.47. The zero-order chi connectivity index (χ0) is 14.6. The minimum absolute atomic E-state index is 0.0141. The number of nitriles is 1. The summed E-state index contributed by atoms with van der Waals surface area (Å²) in [6, 6.07) is 18.0. The summed E-state index contributed by atoms with van der Waals surface area (Å²) >= 11 is 0. The number of hydrogen-bond acceptors (Lipinski definition) is 3. The first-order valence-corrected chi connectivity index (χ1v) is 6.36. The number of nitro groups is 1. The molecule has 0 fully saturated rings. The summed E-state index contributed by atoms with van der Waals surface area (Å²) in [5.41, 5.74) is 0.213. The van der Waals surface area contributed by atoms with E-state index in [1.807, 2.05) is 37.3 Å². The number of benzene rings is 2. The van der Waals surface area contributed by atoms with Crippen LogP contribution in [0.2, 0.25) is 0 Å². The third kappa shape index (κ3) is 2.14. The van der Waals surface area contributed by atoms with E-state index in [-0.39, 0.29) is 5.69 Å². The molecule has 0 aliphatic carbocycles. The Kier molecular flexibility index (Phi) is 3.81. The van der Waals surface area contributed by atoms with Gasteiger partial charge in [-0.05, 0) is 12.0 Å². The van der Waals surface area contributed by atoms with Crippen molar-refractivity contribution in [1.29, 1.82) is 5.26 Å². The highest BCUT2D eigenvalue weighted by atomic mass is 16.6. The van der Waals surface area contributed by atoms with Gasteiger partial charge in [-0.1, -0.05) is 55.5 Å². The summed E-state index contributed by atoms with van der Waals surface area (Å²) in [5.74, 6) is 0. The third-order valence-corrected chi connectivity index (χ3v) is 3.55. The van der Waals surface area contributed by atoms with Crippen LogP contribution >= 0.6 is 0 Å². The molecule has 0 aliphatic rings. The van der Waals surface area contributed by atoms with E-state index < -0.39 is 10.3 Å². The Morgan fingerprint density at radius 2 is 1.75 bits per heavy atom. The molecule has 0 radical (unpaired) electrons. The van der Waals surface area contributed by atoms with Crippen LogP contribution in [0.1, 0.15) is 24.5 Å². The first kappa shape index (κ1) is 13.8. The summed E-state index contributed by atoms with van der Waals surface area (Å²) in [6.45, 7) is 1.87. The van der Waals surface area contributed by atoms with Gasteiger partial charge in [-0.2, -0.15) is 5.26 Å². The van der Waals surface area contributed by atoms with Gasteiger partial charge in [0.2, 0.25) is 0 Å². The van der Waals surface area contributed by atoms with E-state index in [2.05, 4.69) is 6.07 Å². The zero-order valence-corrected chi connectivity index (χ0v) is 11.1. The summed E-state index contributed by atoms with van der Waals surface area (Å²) in [7, 11) is 0. The van der Waals surface area contributed by atoms with E-state index in [0.717, 1.165) is 5.56 Å². The van der Waals surface area contributed by atoms with E-state index in [1.54, 1.807) is 18.2 Å². The van der Waals surface area contributed by atoms with Gasteiger partial charge in [0, 0.05) is 6.07 Å².